The normalized spacial score (nSPS) is 24.2. The monoisotopic (exact) mass is 2000 g/mol. The number of fused-ring (bicyclic) bond motifs is 4. The summed E-state index contributed by atoms with van der Waals surface area (Å²) in [6, 6.07) is 18.0. The number of aromatic nitrogens is 12. The van der Waals surface area contributed by atoms with Crippen molar-refractivity contribution in [3.8, 4) is 0 Å². The van der Waals surface area contributed by atoms with Crippen LogP contribution in [0.4, 0.5) is 23.8 Å². The van der Waals surface area contributed by atoms with E-state index >= 15 is 0 Å². The first-order valence-electron chi connectivity index (χ1n) is 44.5. The Hall–Kier alpha value is -4.87. The van der Waals surface area contributed by atoms with E-state index in [2.05, 4.69) is 164 Å². The number of nitrogen functional groups attached to an aromatic ring is 4. The Morgan fingerprint density at radius 3 is 0.827 bits per heavy atom. The van der Waals surface area contributed by atoms with E-state index in [1.54, 1.807) is 11.5 Å². The van der Waals surface area contributed by atoms with Crippen molar-refractivity contribution in [2.24, 2.45) is 0 Å². The SMILES string of the molecule is CC[Si](CC)(CC)OC[C@H]1O[C@@H](n2c(=O)sc3c(=O)[nH]c(N)nc32)[C@H](O[Si](CC)(CC)CC)[C@@H]1O[Si](CC)(CC)CC.CC[Si](CC)(CC)OC[C@H]1O[C@@H](n2c(=O)sc3c(C)nc(N)nc32)[C@H](O[Si](CC)(CC)CC)[C@@H]1O[Si](CC)(CC)CC.Cc1nc(N)nc2c1sc(=O)n2[C@@H]1O[C@H](CO)[C@@H](O)[C@H]1O.Nc1nc2c(sc(=O)n2[C@@H]2O[C@H](CO)[C@@H](O)[C@H]2O)c(=O)[nH]1.[V]. The zero-order valence-electron chi connectivity index (χ0n) is 76.9. The topological polar surface area (TPSA) is 549 Å². The van der Waals surface area contributed by atoms with Crippen LogP contribution in [-0.4, -0.2) is 238 Å². The zero-order valence-corrected chi connectivity index (χ0v) is 87.5. The Balaban J connectivity index is 0.000000219. The van der Waals surface area contributed by atoms with Crippen molar-refractivity contribution in [2.45, 2.75) is 345 Å². The van der Waals surface area contributed by atoms with Gasteiger partial charge in [0.2, 0.25) is 23.8 Å². The van der Waals surface area contributed by atoms with E-state index < -0.39 is 170 Å². The molecule has 16 N–H and O–H groups in total. The number of rotatable bonds is 38. The Kier molecular flexibility index (Phi) is 38.8. The van der Waals surface area contributed by atoms with Gasteiger partial charge in [-0.05, 0) is 123 Å². The first-order valence-corrected chi connectivity index (χ1v) is 63.0. The summed E-state index contributed by atoms with van der Waals surface area (Å²) < 4.78 is 74.0. The third-order valence-corrected chi connectivity index (χ3v) is 59.0. The molecule has 8 aromatic heterocycles. The van der Waals surface area contributed by atoms with Crippen LogP contribution >= 0.6 is 45.3 Å². The number of hydrogen-bond donors (Lipinski definition) is 12. The van der Waals surface area contributed by atoms with E-state index in [1.165, 1.54) is 4.57 Å². The number of aliphatic hydroxyl groups is 6. The maximum absolute atomic E-state index is 13.7. The second-order valence-electron chi connectivity index (χ2n) is 32.8. The molecule has 0 aliphatic carbocycles. The standard InChI is InChI=1S/C29H56N4O5SSi3.C28H54N4O6SSi3.C11H14N4O5S.C10H12N4O6S.V/c1-11-40(12-2,13-3)35-20-22-23(37-41(14-4,15-5)16-6)24(38-42(17-7,18-8)19-9)27(36-22)33-26-25(39-29(33)34)21(10)31-28(30)32-26;1-10-40(11-2,12-3)35-19-20-21(37-41(13-4,14-5)15-6)22(38-42(16-7,17-8)18-9)26(36-20)32-24-23(39-28(32)34)25(33)31-27(29)30-24;1-3-7-8(14-10(12)13-3)15(11(19)21-7)9-6(18)5(17)4(2-16)20-9;11-9-12-6-5(7(18)13-9)21-10(19)14(6)8-4(17)3(16)2(1-15)20-8;/h22-24,27H,11-20H2,1-10H3,(H2,30,31,32);20-22,26H,10-19H2,1-9H3,(H3,29,30,31,33);4-6,9,16-18H,2H2,1H3,(H2,12,13,14);2-4,8,15-17H,1H2,(H3,11,12,13,18);/t22-,23-,24-,27-;20-,21-,22-,26-;4-,5-,6-,9-;2-,3-,4-,8-;/m1111./s1. The van der Waals surface area contributed by atoms with Gasteiger partial charge in [-0.15, -0.1) is 0 Å². The maximum Gasteiger partial charge on any atom is 0.311 e. The average Bonchev–Trinajstić information content (AvgIpc) is 1.72. The van der Waals surface area contributed by atoms with Crippen LogP contribution in [0.5, 0.6) is 0 Å². The smallest absolute Gasteiger partial charge is 0.311 e. The predicted octanol–water partition coefficient (Wildman–Crippen LogP) is 9.56. The Morgan fingerprint density at radius 1 is 0.339 bits per heavy atom. The number of H-pyrrole nitrogens is 2. The maximum atomic E-state index is 13.7. The minimum atomic E-state index is -2.20. The molecule has 12 heterocycles. The number of aromatic amines is 2. The molecule has 1 radical (unpaired) electrons. The number of aryl methyl sites for hydroxylation is 2. The first kappa shape index (κ1) is 107. The molecule has 38 nitrogen and oxygen atoms in total. The molecule has 4 aliphatic rings. The molecule has 0 saturated carbocycles. The van der Waals surface area contributed by atoms with Gasteiger partial charge in [-0.2, -0.15) is 19.9 Å². The number of nitrogens with one attached hydrogen (secondary N) is 2. The number of hydrogen-bond acceptors (Lipinski definition) is 36. The number of anilines is 4. The summed E-state index contributed by atoms with van der Waals surface area (Å²) in [4.78, 5) is 104. The van der Waals surface area contributed by atoms with E-state index in [0.29, 0.717) is 46.3 Å². The van der Waals surface area contributed by atoms with Crippen LogP contribution in [0.2, 0.25) is 109 Å². The minimum absolute atomic E-state index is 0. The molecule has 0 unspecified atom stereocenters. The second-order valence-corrected chi connectivity index (χ2v) is 65.1. The van der Waals surface area contributed by atoms with Crippen molar-refractivity contribution in [1.82, 2.24) is 58.1 Å². The van der Waals surface area contributed by atoms with Crippen LogP contribution < -0.4 is 53.5 Å². The van der Waals surface area contributed by atoms with Crippen LogP contribution in [0.3, 0.4) is 0 Å². The molecular formula is C78H136N16O22S4Si6V. The van der Waals surface area contributed by atoms with Gasteiger partial charge in [0.25, 0.3) is 11.1 Å². The fourth-order valence-corrected chi connectivity index (χ4v) is 37.7. The largest absolute Gasteiger partial charge is 0.414 e. The van der Waals surface area contributed by atoms with Gasteiger partial charge in [-0.25, -0.2) is 9.97 Å². The van der Waals surface area contributed by atoms with Gasteiger partial charge in [0.15, 0.2) is 97.4 Å². The Bertz CT molecular complexity index is 5260. The van der Waals surface area contributed by atoms with Crippen LogP contribution in [0, 0.1) is 13.8 Å². The molecule has 0 amide bonds. The molecule has 4 fully saturated rings. The fraction of sp³-hybridized carbons (Fsp3) is 0.744. The van der Waals surface area contributed by atoms with Crippen molar-refractivity contribution >= 4 is 160 Å². The molecule has 0 aromatic carbocycles. The fourth-order valence-electron chi connectivity index (χ4n) is 17.5. The number of thiazole rings is 4. The van der Waals surface area contributed by atoms with Gasteiger partial charge in [0.1, 0.15) is 82.6 Å². The first-order chi connectivity index (χ1) is 59.9. The number of ether oxygens (including phenoxy) is 4. The molecule has 0 spiro atoms. The van der Waals surface area contributed by atoms with Crippen LogP contribution in [-0.2, 0) is 64.1 Å². The molecule has 127 heavy (non-hydrogen) atoms. The summed E-state index contributed by atoms with van der Waals surface area (Å²) in [6.07, 6.45) is -13.8. The van der Waals surface area contributed by atoms with Gasteiger partial charge in [-0.1, -0.05) is 170 Å². The van der Waals surface area contributed by atoms with Gasteiger partial charge >= 0.3 is 19.5 Å². The van der Waals surface area contributed by atoms with Gasteiger partial charge in [0, 0.05) is 18.6 Å². The second kappa shape index (κ2) is 45.9. The molecular weight excluding hydrogens is 1860 g/mol. The molecule has 16 atom stereocenters. The molecule has 4 aliphatic heterocycles. The molecule has 4 saturated heterocycles. The quantitative estimate of drug-likeness (QED) is 0.0160. The average molecular weight is 2000 g/mol. The van der Waals surface area contributed by atoms with Crippen LogP contribution in [0.15, 0.2) is 28.8 Å². The number of aliphatic hydroxyl groups excluding tert-OH is 6. The van der Waals surface area contributed by atoms with Crippen LogP contribution in [0.1, 0.15) is 161 Å². The summed E-state index contributed by atoms with van der Waals surface area (Å²) in [7, 11) is -12.4. The molecule has 49 heteroatoms. The zero-order chi connectivity index (χ0) is 93.2. The molecule has 12 rings (SSSR count). The van der Waals surface area contributed by atoms with E-state index in [-0.39, 0.29) is 90.6 Å². The third-order valence-electron chi connectivity index (χ3n) is 27.2. The summed E-state index contributed by atoms with van der Waals surface area (Å²) in [6.45, 7) is 43.5. The van der Waals surface area contributed by atoms with Crippen LogP contribution in [0.25, 0.3) is 41.4 Å². The third kappa shape index (κ3) is 22.4. The summed E-state index contributed by atoms with van der Waals surface area (Å²) in [5.41, 5.74) is 24.3. The summed E-state index contributed by atoms with van der Waals surface area (Å²) in [5.74, 6) is -0.0854. The van der Waals surface area contributed by atoms with E-state index in [4.69, 9.17) is 78.7 Å². The number of nitrogens with two attached hydrogens (primary N) is 4. The van der Waals surface area contributed by atoms with E-state index in [1.807, 2.05) is 6.92 Å². The predicted molar refractivity (Wildman–Crippen MR) is 508 cm³/mol. The van der Waals surface area contributed by atoms with E-state index in [0.717, 1.165) is 157 Å². The number of nitrogens with zero attached hydrogens (tertiary/aromatic N) is 10. The molecule has 8 aromatic rings. The van der Waals surface area contributed by atoms with Crippen molar-refractivity contribution in [2.75, 3.05) is 49.4 Å². The summed E-state index contributed by atoms with van der Waals surface area (Å²) >= 11 is 3.53. The Labute approximate surface area is 773 Å². The van der Waals surface area contributed by atoms with E-state index in [9.17, 15) is 49.2 Å². The summed E-state index contributed by atoms with van der Waals surface area (Å²) in [5, 5.41) is 57.7. The van der Waals surface area contributed by atoms with Crippen molar-refractivity contribution in [3.05, 3.63) is 70.8 Å². The molecule has 0 bridgehead atoms. The minimum Gasteiger partial charge on any atom is -0.414 e. The molecule has 713 valence electrons. The Morgan fingerprint density at radius 2 is 0.575 bits per heavy atom. The van der Waals surface area contributed by atoms with Crippen molar-refractivity contribution < 1.29 is 94.7 Å². The van der Waals surface area contributed by atoms with Gasteiger partial charge < -0.3 is 99.1 Å². The van der Waals surface area contributed by atoms with Crippen molar-refractivity contribution in [3.63, 3.8) is 0 Å². The van der Waals surface area contributed by atoms with Gasteiger partial charge in [-0.3, -0.25) is 57.0 Å². The van der Waals surface area contributed by atoms with Crippen molar-refractivity contribution in [1.29, 1.82) is 0 Å². The van der Waals surface area contributed by atoms with Gasteiger partial charge in [0.05, 0.1) is 47.2 Å².